The lowest BCUT2D eigenvalue weighted by molar-refractivity contribution is -0.253. The SMILES string of the molecule is Cc1ccc(CO)cc1.Cc1ccc(COO)cc1. The maximum Gasteiger partial charge on any atom is 0.107 e. The van der Waals surface area contributed by atoms with E-state index in [0.29, 0.717) is 0 Å². The number of benzene rings is 2. The van der Waals surface area contributed by atoms with Gasteiger partial charge in [0.05, 0.1) is 6.61 Å². The molecule has 2 aromatic rings. The van der Waals surface area contributed by atoms with Gasteiger partial charge in [-0.25, -0.2) is 4.89 Å². The van der Waals surface area contributed by atoms with Crippen LogP contribution in [0.1, 0.15) is 22.3 Å². The van der Waals surface area contributed by atoms with Crippen molar-refractivity contribution >= 4 is 0 Å². The van der Waals surface area contributed by atoms with E-state index in [1.165, 1.54) is 11.1 Å². The van der Waals surface area contributed by atoms with Crippen LogP contribution in [-0.4, -0.2) is 10.4 Å². The van der Waals surface area contributed by atoms with Crippen molar-refractivity contribution in [3.63, 3.8) is 0 Å². The number of aliphatic hydroxyl groups excluding tert-OH is 1. The van der Waals surface area contributed by atoms with Gasteiger partial charge in [0.1, 0.15) is 6.61 Å². The Morgan fingerprint density at radius 2 is 1.21 bits per heavy atom. The molecule has 2 N–H and O–H groups in total. The Hall–Kier alpha value is -1.68. The normalized spacial score (nSPS) is 9.68. The van der Waals surface area contributed by atoms with E-state index in [9.17, 15) is 0 Å². The Kier molecular flexibility index (Phi) is 6.82. The summed E-state index contributed by atoms with van der Waals surface area (Å²) in [7, 11) is 0. The fourth-order valence-electron chi connectivity index (χ4n) is 1.45. The second-order valence-corrected chi connectivity index (χ2v) is 4.40. The van der Waals surface area contributed by atoms with Gasteiger partial charge in [-0.15, -0.1) is 0 Å². The molecule has 0 spiro atoms. The van der Waals surface area contributed by atoms with Crippen LogP contribution in [0.2, 0.25) is 0 Å². The van der Waals surface area contributed by atoms with Crippen molar-refractivity contribution in [2.75, 3.05) is 0 Å². The van der Waals surface area contributed by atoms with E-state index in [1.807, 2.05) is 62.4 Å². The minimum absolute atomic E-state index is 0.139. The molecule has 0 aliphatic carbocycles. The molecular weight excluding hydrogens is 240 g/mol. The van der Waals surface area contributed by atoms with Gasteiger partial charge < -0.3 is 5.11 Å². The third kappa shape index (κ3) is 6.15. The van der Waals surface area contributed by atoms with Gasteiger partial charge in [0.15, 0.2) is 0 Å². The van der Waals surface area contributed by atoms with E-state index >= 15 is 0 Å². The molecule has 2 rings (SSSR count). The fraction of sp³-hybridized carbons (Fsp3) is 0.250. The van der Waals surface area contributed by atoms with Crippen LogP contribution in [0, 0.1) is 13.8 Å². The number of aryl methyl sites for hydroxylation is 2. The maximum absolute atomic E-state index is 8.63. The number of aliphatic hydroxyl groups is 1. The third-order valence-corrected chi connectivity index (χ3v) is 2.65. The van der Waals surface area contributed by atoms with Crippen molar-refractivity contribution in [3.8, 4) is 0 Å². The predicted octanol–water partition coefficient (Wildman–Crippen LogP) is 3.47. The Bertz CT molecular complexity index is 460. The fourth-order valence-corrected chi connectivity index (χ4v) is 1.45. The first-order valence-corrected chi connectivity index (χ1v) is 6.14. The summed E-state index contributed by atoms with van der Waals surface area (Å²) < 4.78 is 0. The second kappa shape index (κ2) is 8.43. The zero-order valence-corrected chi connectivity index (χ0v) is 11.3. The quantitative estimate of drug-likeness (QED) is 0.656. The van der Waals surface area contributed by atoms with Gasteiger partial charge in [-0.05, 0) is 25.0 Å². The van der Waals surface area contributed by atoms with Crippen LogP contribution in [0.15, 0.2) is 48.5 Å². The first-order valence-electron chi connectivity index (χ1n) is 6.14. The molecule has 19 heavy (non-hydrogen) atoms. The molecule has 102 valence electrons. The smallest absolute Gasteiger partial charge is 0.107 e. The molecule has 3 heteroatoms. The lowest BCUT2D eigenvalue weighted by atomic mass is 10.2. The van der Waals surface area contributed by atoms with Gasteiger partial charge in [0.2, 0.25) is 0 Å². The molecule has 0 saturated heterocycles. The van der Waals surface area contributed by atoms with Crippen molar-refractivity contribution in [3.05, 3.63) is 70.8 Å². The predicted molar refractivity (Wildman–Crippen MR) is 75.7 cm³/mol. The zero-order valence-electron chi connectivity index (χ0n) is 11.3. The van der Waals surface area contributed by atoms with E-state index in [0.717, 1.165) is 11.1 Å². The topological polar surface area (TPSA) is 49.7 Å². The van der Waals surface area contributed by atoms with Gasteiger partial charge in [-0.1, -0.05) is 59.7 Å². The summed E-state index contributed by atoms with van der Waals surface area (Å²) in [5.41, 5.74) is 4.39. The molecule has 0 unspecified atom stereocenters. The summed E-state index contributed by atoms with van der Waals surface area (Å²) in [6, 6.07) is 15.6. The Morgan fingerprint density at radius 3 is 1.58 bits per heavy atom. The highest BCUT2D eigenvalue weighted by molar-refractivity contribution is 5.21. The van der Waals surface area contributed by atoms with Crippen LogP contribution < -0.4 is 0 Å². The van der Waals surface area contributed by atoms with E-state index in [4.69, 9.17) is 10.4 Å². The molecule has 0 amide bonds. The standard InChI is InChI=1S/C8H10O2.C8H10O/c1-7-2-4-8(5-3-7)6-10-9;1-7-2-4-8(6-9)5-3-7/h2-5,9H,6H2,1H3;2-5,9H,6H2,1H3. The second-order valence-electron chi connectivity index (χ2n) is 4.40. The maximum atomic E-state index is 8.63. The van der Waals surface area contributed by atoms with Gasteiger partial charge in [-0.2, -0.15) is 0 Å². The Balaban J connectivity index is 0.000000191. The molecule has 0 aliphatic heterocycles. The van der Waals surface area contributed by atoms with E-state index < -0.39 is 0 Å². The van der Waals surface area contributed by atoms with Crippen LogP contribution in [-0.2, 0) is 18.1 Å². The third-order valence-electron chi connectivity index (χ3n) is 2.65. The summed E-state index contributed by atoms with van der Waals surface area (Å²) in [6.07, 6.45) is 0. The minimum atomic E-state index is 0.139. The molecule has 0 heterocycles. The molecule has 0 bridgehead atoms. The average molecular weight is 260 g/mol. The lowest BCUT2D eigenvalue weighted by Gasteiger charge is -1.96. The van der Waals surface area contributed by atoms with Crippen LogP contribution >= 0.6 is 0 Å². The van der Waals surface area contributed by atoms with Gasteiger partial charge in [0, 0.05) is 0 Å². The number of hydrogen-bond acceptors (Lipinski definition) is 3. The lowest BCUT2D eigenvalue weighted by Crippen LogP contribution is -1.86. The first kappa shape index (κ1) is 15.4. The summed E-state index contributed by atoms with van der Waals surface area (Å²) in [5, 5.41) is 16.7. The molecule has 2 aromatic carbocycles. The molecule has 0 atom stereocenters. The van der Waals surface area contributed by atoms with Crippen molar-refractivity contribution in [1.82, 2.24) is 0 Å². The van der Waals surface area contributed by atoms with E-state index in [2.05, 4.69) is 4.89 Å². The monoisotopic (exact) mass is 260 g/mol. The van der Waals surface area contributed by atoms with Crippen LogP contribution in [0.5, 0.6) is 0 Å². The minimum Gasteiger partial charge on any atom is -0.392 e. The van der Waals surface area contributed by atoms with E-state index in [1.54, 1.807) is 0 Å². The first-order chi connectivity index (χ1) is 9.15. The highest BCUT2D eigenvalue weighted by Crippen LogP contribution is 2.03. The summed E-state index contributed by atoms with van der Waals surface area (Å²) >= 11 is 0. The largest absolute Gasteiger partial charge is 0.392 e. The average Bonchev–Trinajstić information content (AvgIpc) is 2.43. The number of hydrogen-bond donors (Lipinski definition) is 2. The summed E-state index contributed by atoms with van der Waals surface area (Å²) in [6.45, 7) is 4.45. The van der Waals surface area contributed by atoms with Gasteiger partial charge in [-0.3, -0.25) is 5.26 Å². The molecule has 0 aliphatic rings. The molecule has 0 fully saturated rings. The Morgan fingerprint density at radius 1 is 0.789 bits per heavy atom. The van der Waals surface area contributed by atoms with Crippen molar-refractivity contribution in [2.45, 2.75) is 27.1 Å². The Labute approximate surface area is 114 Å². The summed E-state index contributed by atoms with van der Waals surface area (Å²) in [4.78, 5) is 3.97. The van der Waals surface area contributed by atoms with Crippen LogP contribution in [0.3, 0.4) is 0 Å². The van der Waals surface area contributed by atoms with Crippen molar-refractivity contribution < 1.29 is 15.3 Å². The van der Waals surface area contributed by atoms with Crippen LogP contribution in [0.4, 0.5) is 0 Å². The van der Waals surface area contributed by atoms with Crippen molar-refractivity contribution in [1.29, 1.82) is 0 Å². The number of rotatable bonds is 3. The zero-order chi connectivity index (χ0) is 14.1. The molecule has 0 saturated carbocycles. The molecule has 0 aromatic heterocycles. The van der Waals surface area contributed by atoms with Crippen molar-refractivity contribution in [2.24, 2.45) is 0 Å². The van der Waals surface area contributed by atoms with E-state index in [-0.39, 0.29) is 13.2 Å². The summed E-state index contributed by atoms with van der Waals surface area (Å²) in [5.74, 6) is 0. The molecular formula is C16H20O3. The van der Waals surface area contributed by atoms with Gasteiger partial charge >= 0.3 is 0 Å². The van der Waals surface area contributed by atoms with Gasteiger partial charge in [0.25, 0.3) is 0 Å². The van der Waals surface area contributed by atoms with Crippen LogP contribution in [0.25, 0.3) is 0 Å². The highest BCUT2D eigenvalue weighted by atomic mass is 17.1. The molecule has 0 radical (unpaired) electrons. The molecule has 3 nitrogen and oxygen atoms in total. The highest BCUT2D eigenvalue weighted by Gasteiger charge is 1.89.